The van der Waals surface area contributed by atoms with Gasteiger partial charge in [0, 0.05) is 12.5 Å². The number of rotatable bonds is 7. The summed E-state index contributed by atoms with van der Waals surface area (Å²) in [5, 5.41) is 0. The third-order valence-corrected chi connectivity index (χ3v) is 7.52. The van der Waals surface area contributed by atoms with Crippen molar-refractivity contribution < 1.29 is 8.42 Å². The van der Waals surface area contributed by atoms with E-state index in [2.05, 4.69) is 44.9 Å². The maximum Gasteiger partial charge on any atom is 0.250 e. The van der Waals surface area contributed by atoms with Crippen LogP contribution in [0.5, 0.6) is 0 Å². The lowest BCUT2D eigenvalue weighted by molar-refractivity contribution is 0.577. The number of thiophene rings is 1. The monoisotopic (exact) mass is 435 g/mol. The molecule has 1 N–H and O–H groups in total. The van der Waals surface area contributed by atoms with Crippen molar-refractivity contribution in [3.05, 3.63) is 87.7 Å². The van der Waals surface area contributed by atoms with Gasteiger partial charge in [-0.1, -0.05) is 60.7 Å². The fourth-order valence-electron chi connectivity index (χ4n) is 2.75. The Morgan fingerprint density at radius 3 is 1.92 bits per heavy atom. The van der Waals surface area contributed by atoms with Crippen LogP contribution in [0.25, 0.3) is 0 Å². The average molecular weight is 436 g/mol. The van der Waals surface area contributed by atoms with E-state index >= 15 is 0 Å². The molecule has 0 amide bonds. The van der Waals surface area contributed by atoms with Gasteiger partial charge in [0.25, 0.3) is 0 Å². The maximum absolute atomic E-state index is 12.4. The summed E-state index contributed by atoms with van der Waals surface area (Å²) in [4.78, 5) is 0. The SMILES string of the molecule is O=S(=O)(NCCC(c1ccccc1)c1ccccc1)c1ccc(Br)s1. The molecule has 1 aromatic heterocycles. The molecule has 0 fully saturated rings. The van der Waals surface area contributed by atoms with Gasteiger partial charge in [-0.25, -0.2) is 13.1 Å². The van der Waals surface area contributed by atoms with Crippen molar-refractivity contribution in [3.8, 4) is 0 Å². The molecule has 0 atom stereocenters. The highest BCUT2D eigenvalue weighted by Crippen LogP contribution is 2.28. The molecule has 0 aliphatic carbocycles. The van der Waals surface area contributed by atoms with Crippen molar-refractivity contribution in [2.75, 3.05) is 6.54 Å². The number of benzene rings is 2. The van der Waals surface area contributed by atoms with Gasteiger partial charge in [-0.05, 0) is 45.6 Å². The molecule has 1 heterocycles. The van der Waals surface area contributed by atoms with Crippen LogP contribution in [-0.4, -0.2) is 15.0 Å². The Morgan fingerprint density at radius 1 is 0.880 bits per heavy atom. The van der Waals surface area contributed by atoms with Gasteiger partial charge >= 0.3 is 0 Å². The average Bonchev–Trinajstić information content (AvgIpc) is 3.08. The van der Waals surface area contributed by atoms with Gasteiger partial charge in [-0.3, -0.25) is 0 Å². The van der Waals surface area contributed by atoms with Crippen molar-refractivity contribution in [1.29, 1.82) is 0 Å². The Bertz CT molecular complexity index is 869. The van der Waals surface area contributed by atoms with E-state index < -0.39 is 10.0 Å². The Balaban J connectivity index is 1.74. The van der Waals surface area contributed by atoms with Crippen LogP contribution in [0.15, 0.2) is 80.8 Å². The number of sulfonamides is 1. The molecule has 0 aliphatic heterocycles. The van der Waals surface area contributed by atoms with Crippen molar-refractivity contribution >= 4 is 37.3 Å². The van der Waals surface area contributed by atoms with Crippen LogP contribution in [0.2, 0.25) is 0 Å². The van der Waals surface area contributed by atoms with E-state index in [1.54, 1.807) is 12.1 Å². The van der Waals surface area contributed by atoms with E-state index in [-0.39, 0.29) is 5.92 Å². The van der Waals surface area contributed by atoms with Crippen LogP contribution in [0, 0.1) is 0 Å². The molecule has 25 heavy (non-hydrogen) atoms. The summed E-state index contributed by atoms with van der Waals surface area (Å²) >= 11 is 4.52. The Morgan fingerprint density at radius 2 is 1.44 bits per heavy atom. The number of hydrogen-bond acceptors (Lipinski definition) is 3. The smallest absolute Gasteiger partial charge is 0.210 e. The van der Waals surface area contributed by atoms with Gasteiger partial charge in [-0.15, -0.1) is 11.3 Å². The van der Waals surface area contributed by atoms with E-state index in [0.717, 1.165) is 3.79 Å². The van der Waals surface area contributed by atoms with Crippen molar-refractivity contribution in [1.82, 2.24) is 4.72 Å². The molecule has 0 bridgehead atoms. The lowest BCUT2D eigenvalue weighted by Crippen LogP contribution is -2.25. The summed E-state index contributed by atoms with van der Waals surface area (Å²) in [5.74, 6) is 0.153. The van der Waals surface area contributed by atoms with Gasteiger partial charge in [-0.2, -0.15) is 0 Å². The first-order valence-electron chi connectivity index (χ1n) is 7.91. The quantitative estimate of drug-likeness (QED) is 0.566. The second-order valence-corrected chi connectivity index (χ2v) is 10.1. The van der Waals surface area contributed by atoms with Crippen LogP contribution >= 0.6 is 27.3 Å². The van der Waals surface area contributed by atoms with Crippen LogP contribution in [-0.2, 0) is 10.0 Å². The van der Waals surface area contributed by atoms with Crippen LogP contribution in [0.3, 0.4) is 0 Å². The van der Waals surface area contributed by atoms with Crippen LogP contribution in [0.1, 0.15) is 23.5 Å². The van der Waals surface area contributed by atoms with Crippen LogP contribution in [0.4, 0.5) is 0 Å². The number of halogens is 1. The highest BCUT2D eigenvalue weighted by atomic mass is 79.9. The van der Waals surface area contributed by atoms with E-state index in [1.807, 2.05) is 36.4 Å². The fraction of sp³-hybridized carbons (Fsp3) is 0.158. The second-order valence-electron chi connectivity index (χ2n) is 5.62. The lowest BCUT2D eigenvalue weighted by Gasteiger charge is -2.18. The molecule has 3 nitrogen and oxygen atoms in total. The number of hydrogen-bond donors (Lipinski definition) is 1. The molecule has 0 spiro atoms. The van der Waals surface area contributed by atoms with E-state index in [4.69, 9.17) is 0 Å². The lowest BCUT2D eigenvalue weighted by atomic mass is 9.89. The predicted octanol–water partition coefficient (Wildman–Crippen LogP) is 5.01. The molecule has 2 aromatic carbocycles. The third-order valence-electron chi connectivity index (χ3n) is 3.94. The summed E-state index contributed by atoms with van der Waals surface area (Å²) in [5.41, 5.74) is 2.37. The first-order chi connectivity index (χ1) is 12.1. The molecule has 0 saturated heterocycles. The van der Waals surface area contributed by atoms with Gasteiger partial charge in [0.1, 0.15) is 4.21 Å². The molecular formula is C19H18BrNO2S2. The zero-order valence-corrected chi connectivity index (χ0v) is 16.6. The summed E-state index contributed by atoms with van der Waals surface area (Å²) < 4.78 is 28.6. The Kier molecular flexibility index (Phi) is 6.06. The highest BCUT2D eigenvalue weighted by molar-refractivity contribution is 9.11. The summed E-state index contributed by atoms with van der Waals surface area (Å²) in [7, 11) is -3.46. The zero-order valence-electron chi connectivity index (χ0n) is 13.4. The van der Waals surface area contributed by atoms with Crippen molar-refractivity contribution in [3.63, 3.8) is 0 Å². The highest BCUT2D eigenvalue weighted by Gasteiger charge is 2.18. The van der Waals surface area contributed by atoms with Crippen molar-refractivity contribution in [2.45, 2.75) is 16.5 Å². The van der Waals surface area contributed by atoms with Gasteiger partial charge < -0.3 is 0 Å². The first-order valence-corrected chi connectivity index (χ1v) is 11.0. The minimum atomic E-state index is -3.46. The van der Waals surface area contributed by atoms with Crippen LogP contribution < -0.4 is 4.72 Å². The van der Waals surface area contributed by atoms with E-state index in [0.29, 0.717) is 17.2 Å². The van der Waals surface area contributed by atoms with E-state index in [9.17, 15) is 8.42 Å². The molecule has 0 radical (unpaired) electrons. The topological polar surface area (TPSA) is 46.2 Å². The number of nitrogens with one attached hydrogen (secondary N) is 1. The fourth-order valence-corrected chi connectivity index (χ4v) is 5.85. The molecule has 3 aromatic rings. The third kappa shape index (κ3) is 4.79. The molecule has 130 valence electrons. The molecule has 0 saturated carbocycles. The van der Waals surface area contributed by atoms with Gasteiger partial charge in [0.15, 0.2) is 0 Å². The zero-order chi connectivity index (χ0) is 17.7. The van der Waals surface area contributed by atoms with E-state index in [1.165, 1.54) is 22.5 Å². The minimum absolute atomic E-state index is 0.153. The normalized spacial score (nSPS) is 11.8. The Hall–Kier alpha value is -1.47. The maximum atomic E-state index is 12.4. The summed E-state index contributed by atoms with van der Waals surface area (Å²) in [6.07, 6.45) is 0.694. The first kappa shape index (κ1) is 18.3. The minimum Gasteiger partial charge on any atom is -0.210 e. The van der Waals surface area contributed by atoms with Gasteiger partial charge in [0.05, 0.1) is 3.79 Å². The van der Waals surface area contributed by atoms with Crippen molar-refractivity contribution in [2.24, 2.45) is 0 Å². The molecule has 0 unspecified atom stereocenters. The molecule has 0 aliphatic rings. The Labute approximate surface area is 160 Å². The summed E-state index contributed by atoms with van der Waals surface area (Å²) in [6, 6.07) is 23.7. The second kappa shape index (κ2) is 8.27. The summed E-state index contributed by atoms with van der Waals surface area (Å²) in [6.45, 7) is 0.381. The largest absolute Gasteiger partial charge is 0.250 e. The molecular weight excluding hydrogens is 418 g/mol. The molecule has 6 heteroatoms. The van der Waals surface area contributed by atoms with Gasteiger partial charge in [0.2, 0.25) is 10.0 Å². The predicted molar refractivity (Wildman–Crippen MR) is 107 cm³/mol. The molecule has 3 rings (SSSR count). The standard InChI is InChI=1S/C19H18BrNO2S2/c20-18-11-12-19(24-18)25(22,23)21-14-13-17(15-7-3-1-4-8-15)16-9-5-2-6-10-16/h1-12,17,21H,13-14H2.